The molecule has 0 bridgehead atoms. The van der Waals surface area contributed by atoms with E-state index in [0.29, 0.717) is 46.8 Å². The number of halogens is 1. The maximum Gasteiger partial charge on any atom is 0.344 e. The summed E-state index contributed by atoms with van der Waals surface area (Å²) in [6.07, 6.45) is 3.87. The molecule has 0 saturated heterocycles. The smallest absolute Gasteiger partial charge is 0.344 e. The van der Waals surface area contributed by atoms with Gasteiger partial charge >= 0.3 is 5.97 Å². The Morgan fingerprint density at radius 3 is 2.66 bits per heavy atom. The Hall–Kier alpha value is -3.20. The number of rotatable bonds is 11. The van der Waals surface area contributed by atoms with Crippen molar-refractivity contribution in [1.29, 1.82) is 0 Å². The van der Waals surface area contributed by atoms with E-state index in [9.17, 15) is 9.59 Å². The van der Waals surface area contributed by atoms with E-state index in [2.05, 4.69) is 32.9 Å². The predicted molar refractivity (Wildman–Crippen MR) is 140 cm³/mol. The van der Waals surface area contributed by atoms with Gasteiger partial charge in [0, 0.05) is 10.9 Å². The molecule has 186 valence electrons. The fraction of sp³-hybridized carbons (Fsp3) is 0.385. The Bertz CT molecular complexity index is 1270. The lowest BCUT2D eigenvalue weighted by atomic mass is 10.2. The highest BCUT2D eigenvalue weighted by Crippen LogP contribution is 2.28. The number of aryl methyl sites for hydroxylation is 1. The Morgan fingerprint density at radius 2 is 1.94 bits per heavy atom. The molecule has 0 atom stereocenters. The topological polar surface area (TPSA) is 92.0 Å². The number of aromatic nitrogens is 2. The van der Waals surface area contributed by atoms with Crippen molar-refractivity contribution in [3.63, 3.8) is 0 Å². The number of ether oxygens (including phenoxy) is 3. The van der Waals surface area contributed by atoms with Crippen LogP contribution in [0.15, 0.2) is 50.8 Å². The quantitative estimate of drug-likeness (QED) is 0.246. The van der Waals surface area contributed by atoms with Gasteiger partial charge in [-0.2, -0.15) is 9.78 Å². The van der Waals surface area contributed by atoms with E-state index in [-0.39, 0.29) is 18.3 Å². The van der Waals surface area contributed by atoms with Crippen molar-refractivity contribution in [2.75, 3.05) is 13.2 Å². The predicted octanol–water partition coefficient (Wildman–Crippen LogP) is 5.11. The monoisotopic (exact) mass is 543 g/mol. The summed E-state index contributed by atoms with van der Waals surface area (Å²) in [4.78, 5) is 29.7. The molecule has 0 saturated carbocycles. The van der Waals surface area contributed by atoms with Gasteiger partial charge in [0.05, 0.1) is 29.8 Å². The Balaban J connectivity index is 1.92. The van der Waals surface area contributed by atoms with Crippen molar-refractivity contribution in [2.45, 2.75) is 53.1 Å². The van der Waals surface area contributed by atoms with Gasteiger partial charge in [-0.25, -0.2) is 9.78 Å². The van der Waals surface area contributed by atoms with Crippen LogP contribution in [0, 0.1) is 0 Å². The lowest BCUT2D eigenvalue weighted by molar-refractivity contribution is -0.149. The molecule has 9 heteroatoms. The zero-order valence-electron chi connectivity index (χ0n) is 20.4. The number of hydrogen-bond acceptors (Lipinski definition) is 7. The van der Waals surface area contributed by atoms with Gasteiger partial charge in [0.15, 0.2) is 18.1 Å². The molecular formula is C26H30BrN3O5. The number of benzene rings is 2. The van der Waals surface area contributed by atoms with Gasteiger partial charge in [-0.05, 0) is 69.2 Å². The summed E-state index contributed by atoms with van der Waals surface area (Å²) >= 11 is 3.42. The summed E-state index contributed by atoms with van der Waals surface area (Å²) in [7, 11) is 0. The number of esters is 1. The summed E-state index contributed by atoms with van der Waals surface area (Å²) in [6, 6.07) is 10.7. The van der Waals surface area contributed by atoms with Crippen LogP contribution in [-0.2, 0) is 16.0 Å². The molecule has 0 radical (unpaired) electrons. The number of hydrogen-bond donors (Lipinski definition) is 0. The summed E-state index contributed by atoms with van der Waals surface area (Å²) in [5, 5.41) is 4.97. The third-order valence-corrected chi connectivity index (χ3v) is 5.43. The van der Waals surface area contributed by atoms with Crippen LogP contribution in [0.4, 0.5) is 0 Å². The lowest BCUT2D eigenvalue weighted by Crippen LogP contribution is -2.22. The second-order valence-electron chi connectivity index (χ2n) is 8.12. The largest absolute Gasteiger partial charge is 0.490 e. The minimum Gasteiger partial charge on any atom is -0.490 e. The van der Waals surface area contributed by atoms with E-state index in [0.717, 1.165) is 17.3 Å². The van der Waals surface area contributed by atoms with Gasteiger partial charge in [0.2, 0.25) is 0 Å². The zero-order valence-corrected chi connectivity index (χ0v) is 22.0. The average Bonchev–Trinajstić information content (AvgIpc) is 2.82. The van der Waals surface area contributed by atoms with E-state index in [4.69, 9.17) is 14.2 Å². The first-order valence-electron chi connectivity index (χ1n) is 11.7. The Morgan fingerprint density at radius 1 is 1.14 bits per heavy atom. The molecule has 0 aliphatic rings. The van der Waals surface area contributed by atoms with Crippen LogP contribution in [0.1, 0.15) is 51.9 Å². The maximum atomic E-state index is 13.2. The van der Waals surface area contributed by atoms with E-state index in [1.807, 2.05) is 19.1 Å². The molecule has 1 heterocycles. The SMILES string of the molecule is CCCCc1nc2ccc(Br)cc2c(=O)n1N=Cc1ccc(OCC(=O)OC(C)C)c(OCC)c1. The highest BCUT2D eigenvalue weighted by molar-refractivity contribution is 9.10. The maximum absolute atomic E-state index is 13.2. The third-order valence-electron chi connectivity index (χ3n) is 4.93. The summed E-state index contributed by atoms with van der Waals surface area (Å²) < 4.78 is 18.6. The van der Waals surface area contributed by atoms with Crippen LogP contribution in [0.25, 0.3) is 10.9 Å². The molecule has 0 fully saturated rings. The van der Waals surface area contributed by atoms with Gasteiger partial charge in [-0.3, -0.25) is 4.79 Å². The van der Waals surface area contributed by atoms with Crippen molar-refractivity contribution >= 4 is 39.0 Å². The van der Waals surface area contributed by atoms with Crippen molar-refractivity contribution in [3.05, 3.63) is 62.6 Å². The molecule has 8 nitrogen and oxygen atoms in total. The average molecular weight is 544 g/mol. The van der Waals surface area contributed by atoms with Crippen molar-refractivity contribution in [1.82, 2.24) is 9.66 Å². The number of fused-ring (bicyclic) bond motifs is 1. The standard InChI is InChI=1S/C26H30BrN3O5/c1-5-7-8-24-29-21-11-10-19(27)14-20(21)26(32)30(24)28-15-18-9-12-22(23(13-18)33-6-2)34-16-25(31)35-17(3)4/h9-15,17H,5-8,16H2,1-4H3. The van der Waals surface area contributed by atoms with Crippen LogP contribution >= 0.6 is 15.9 Å². The van der Waals surface area contributed by atoms with Crippen LogP contribution < -0.4 is 15.0 Å². The molecule has 3 rings (SSSR count). The Kier molecular flexibility index (Phi) is 9.42. The normalized spacial score (nSPS) is 11.4. The molecule has 0 aliphatic heterocycles. The number of unbranched alkanes of at least 4 members (excludes halogenated alkanes) is 1. The summed E-state index contributed by atoms with van der Waals surface area (Å²) in [5.41, 5.74) is 1.12. The summed E-state index contributed by atoms with van der Waals surface area (Å²) in [6.45, 7) is 7.69. The lowest BCUT2D eigenvalue weighted by Gasteiger charge is -2.13. The third kappa shape index (κ3) is 7.14. The Labute approximate surface area is 213 Å². The van der Waals surface area contributed by atoms with Gasteiger partial charge in [0.1, 0.15) is 5.82 Å². The highest BCUT2D eigenvalue weighted by Gasteiger charge is 2.13. The molecule has 3 aromatic rings. The molecule has 0 unspecified atom stereocenters. The molecular weight excluding hydrogens is 514 g/mol. The van der Waals surface area contributed by atoms with E-state index >= 15 is 0 Å². The highest BCUT2D eigenvalue weighted by atomic mass is 79.9. The minimum atomic E-state index is -0.456. The van der Waals surface area contributed by atoms with Crippen LogP contribution in [0.2, 0.25) is 0 Å². The number of carbonyl (C=O) groups excluding carboxylic acids is 1. The minimum absolute atomic E-state index is 0.215. The molecule has 0 spiro atoms. The molecule has 35 heavy (non-hydrogen) atoms. The van der Waals surface area contributed by atoms with E-state index in [1.165, 1.54) is 4.68 Å². The summed E-state index contributed by atoms with van der Waals surface area (Å²) in [5.74, 6) is 1.04. The van der Waals surface area contributed by atoms with Crippen molar-refractivity contribution in [2.24, 2.45) is 5.10 Å². The van der Waals surface area contributed by atoms with E-state index < -0.39 is 5.97 Å². The molecule has 0 amide bonds. The molecule has 0 N–H and O–H groups in total. The fourth-order valence-electron chi connectivity index (χ4n) is 3.36. The first-order chi connectivity index (χ1) is 16.8. The van der Waals surface area contributed by atoms with Gasteiger partial charge < -0.3 is 14.2 Å². The zero-order chi connectivity index (χ0) is 25.4. The second kappa shape index (κ2) is 12.5. The van der Waals surface area contributed by atoms with Crippen molar-refractivity contribution in [3.8, 4) is 11.5 Å². The van der Waals surface area contributed by atoms with Crippen LogP contribution in [0.5, 0.6) is 11.5 Å². The van der Waals surface area contributed by atoms with Crippen LogP contribution in [-0.4, -0.2) is 41.2 Å². The van der Waals surface area contributed by atoms with Crippen molar-refractivity contribution < 1.29 is 19.0 Å². The second-order valence-corrected chi connectivity index (χ2v) is 9.04. The first-order valence-corrected chi connectivity index (χ1v) is 12.5. The van der Waals surface area contributed by atoms with Gasteiger partial charge in [-0.15, -0.1) is 0 Å². The number of nitrogens with zero attached hydrogens (tertiary/aromatic N) is 3. The fourth-order valence-corrected chi connectivity index (χ4v) is 3.72. The van der Waals surface area contributed by atoms with Crippen LogP contribution in [0.3, 0.4) is 0 Å². The van der Waals surface area contributed by atoms with Gasteiger partial charge in [-0.1, -0.05) is 29.3 Å². The molecule has 1 aromatic heterocycles. The van der Waals surface area contributed by atoms with E-state index in [1.54, 1.807) is 44.3 Å². The molecule has 2 aromatic carbocycles. The van der Waals surface area contributed by atoms with Gasteiger partial charge in [0.25, 0.3) is 5.56 Å². The number of carbonyl (C=O) groups is 1. The molecule has 0 aliphatic carbocycles. The first kappa shape index (κ1) is 26.4.